The van der Waals surface area contributed by atoms with Crippen LogP contribution in [-0.4, -0.2) is 22.5 Å². The number of hydrogen-bond acceptors (Lipinski definition) is 4. The molecule has 0 spiro atoms. The summed E-state index contributed by atoms with van der Waals surface area (Å²) >= 11 is 5.28. The SMILES string of the molecule is CSC1(CNc2ccc([N+](=O)[O-])cc2Br)CCC1. The van der Waals surface area contributed by atoms with Crippen molar-refractivity contribution in [2.24, 2.45) is 0 Å². The fourth-order valence-electron chi connectivity index (χ4n) is 2.04. The molecule has 2 rings (SSSR count). The standard InChI is InChI=1S/C12H15BrN2O2S/c1-18-12(5-2-6-12)8-14-11-4-3-9(15(16)17)7-10(11)13/h3-4,7,14H,2,5-6,8H2,1H3. The molecule has 1 aliphatic rings. The van der Waals surface area contributed by atoms with E-state index in [2.05, 4.69) is 27.5 Å². The van der Waals surface area contributed by atoms with Gasteiger partial charge in [-0.15, -0.1) is 0 Å². The fourth-order valence-corrected chi connectivity index (χ4v) is 3.46. The molecule has 1 aromatic rings. The van der Waals surface area contributed by atoms with E-state index in [0.29, 0.717) is 4.75 Å². The van der Waals surface area contributed by atoms with Gasteiger partial charge in [0, 0.05) is 33.6 Å². The van der Waals surface area contributed by atoms with Crippen LogP contribution in [0.5, 0.6) is 0 Å². The van der Waals surface area contributed by atoms with Gasteiger partial charge in [-0.05, 0) is 41.1 Å². The maximum atomic E-state index is 10.6. The highest BCUT2D eigenvalue weighted by atomic mass is 79.9. The highest BCUT2D eigenvalue weighted by Gasteiger charge is 2.35. The van der Waals surface area contributed by atoms with Gasteiger partial charge in [-0.1, -0.05) is 6.42 Å². The molecule has 0 atom stereocenters. The van der Waals surface area contributed by atoms with Gasteiger partial charge in [0.25, 0.3) is 5.69 Å². The smallest absolute Gasteiger partial charge is 0.270 e. The molecule has 0 radical (unpaired) electrons. The van der Waals surface area contributed by atoms with E-state index >= 15 is 0 Å². The van der Waals surface area contributed by atoms with E-state index in [4.69, 9.17) is 0 Å². The largest absolute Gasteiger partial charge is 0.383 e. The van der Waals surface area contributed by atoms with Gasteiger partial charge in [-0.25, -0.2) is 0 Å². The third-order valence-corrected chi connectivity index (χ3v) is 5.54. The Morgan fingerprint density at radius 3 is 2.72 bits per heavy atom. The van der Waals surface area contributed by atoms with Gasteiger partial charge in [0.15, 0.2) is 0 Å². The number of rotatable bonds is 5. The van der Waals surface area contributed by atoms with Crippen molar-refractivity contribution >= 4 is 39.1 Å². The molecular formula is C12H15BrN2O2S. The van der Waals surface area contributed by atoms with Crippen molar-refractivity contribution in [3.63, 3.8) is 0 Å². The summed E-state index contributed by atoms with van der Waals surface area (Å²) in [6, 6.07) is 4.82. The number of nitro benzene ring substituents is 1. The fraction of sp³-hybridized carbons (Fsp3) is 0.500. The molecular weight excluding hydrogens is 316 g/mol. The minimum Gasteiger partial charge on any atom is -0.383 e. The molecule has 1 aliphatic carbocycles. The number of benzene rings is 1. The zero-order valence-electron chi connectivity index (χ0n) is 10.1. The molecule has 1 aromatic carbocycles. The van der Waals surface area contributed by atoms with Crippen molar-refractivity contribution in [1.82, 2.24) is 0 Å². The van der Waals surface area contributed by atoms with Gasteiger partial charge in [-0.3, -0.25) is 10.1 Å². The summed E-state index contributed by atoms with van der Waals surface area (Å²) in [7, 11) is 0. The molecule has 0 bridgehead atoms. The van der Waals surface area contributed by atoms with Crippen LogP contribution in [0.15, 0.2) is 22.7 Å². The second kappa shape index (κ2) is 5.48. The van der Waals surface area contributed by atoms with Crippen LogP contribution in [0.2, 0.25) is 0 Å². The van der Waals surface area contributed by atoms with E-state index in [-0.39, 0.29) is 10.6 Å². The first-order chi connectivity index (χ1) is 8.56. The van der Waals surface area contributed by atoms with Crippen molar-refractivity contribution in [1.29, 1.82) is 0 Å². The summed E-state index contributed by atoms with van der Waals surface area (Å²) in [6.45, 7) is 0.907. The molecule has 1 saturated carbocycles. The van der Waals surface area contributed by atoms with E-state index in [9.17, 15) is 10.1 Å². The Morgan fingerprint density at radius 2 is 2.28 bits per heavy atom. The number of non-ortho nitro benzene ring substituents is 1. The average molecular weight is 331 g/mol. The van der Waals surface area contributed by atoms with Crippen LogP contribution < -0.4 is 5.32 Å². The zero-order valence-corrected chi connectivity index (χ0v) is 12.5. The van der Waals surface area contributed by atoms with Crippen molar-refractivity contribution in [3.05, 3.63) is 32.8 Å². The third-order valence-electron chi connectivity index (χ3n) is 3.46. The quantitative estimate of drug-likeness (QED) is 0.653. The first kappa shape index (κ1) is 13.7. The highest BCUT2D eigenvalue weighted by molar-refractivity contribution is 9.10. The zero-order chi connectivity index (χ0) is 13.2. The predicted octanol–water partition coefficient (Wildman–Crippen LogP) is 4.05. The van der Waals surface area contributed by atoms with Crippen molar-refractivity contribution in [3.8, 4) is 0 Å². The van der Waals surface area contributed by atoms with Crippen molar-refractivity contribution in [2.75, 3.05) is 18.1 Å². The number of hydrogen-bond donors (Lipinski definition) is 1. The summed E-state index contributed by atoms with van der Waals surface area (Å²) in [5, 5.41) is 14.0. The van der Waals surface area contributed by atoms with Gasteiger partial charge < -0.3 is 5.32 Å². The molecule has 4 nitrogen and oxygen atoms in total. The summed E-state index contributed by atoms with van der Waals surface area (Å²) in [4.78, 5) is 10.3. The third kappa shape index (κ3) is 2.80. The Labute approximate surface area is 119 Å². The van der Waals surface area contributed by atoms with Gasteiger partial charge in [-0.2, -0.15) is 11.8 Å². The second-order valence-electron chi connectivity index (χ2n) is 4.52. The van der Waals surface area contributed by atoms with E-state index in [1.807, 2.05) is 11.8 Å². The summed E-state index contributed by atoms with van der Waals surface area (Å²) in [5.41, 5.74) is 1.02. The predicted molar refractivity (Wildman–Crippen MR) is 79.4 cm³/mol. The summed E-state index contributed by atoms with van der Waals surface area (Å²) in [6.07, 6.45) is 5.92. The van der Waals surface area contributed by atoms with E-state index in [1.165, 1.54) is 31.4 Å². The molecule has 98 valence electrons. The van der Waals surface area contributed by atoms with Gasteiger partial charge in [0.05, 0.1) is 4.92 Å². The lowest BCUT2D eigenvalue weighted by molar-refractivity contribution is -0.384. The molecule has 0 aromatic heterocycles. The van der Waals surface area contributed by atoms with Crippen LogP contribution in [-0.2, 0) is 0 Å². The molecule has 0 saturated heterocycles. The summed E-state index contributed by atoms with van der Waals surface area (Å²) in [5.74, 6) is 0. The van der Waals surface area contributed by atoms with Crippen LogP contribution >= 0.6 is 27.7 Å². The monoisotopic (exact) mass is 330 g/mol. The Balaban J connectivity index is 2.03. The van der Waals surface area contributed by atoms with E-state index < -0.39 is 0 Å². The lowest BCUT2D eigenvalue weighted by Crippen LogP contribution is -2.40. The van der Waals surface area contributed by atoms with Crippen LogP contribution in [0.25, 0.3) is 0 Å². The van der Waals surface area contributed by atoms with Crippen LogP contribution in [0.3, 0.4) is 0 Å². The Bertz CT molecular complexity index is 458. The number of nitrogens with one attached hydrogen (secondary N) is 1. The first-order valence-electron chi connectivity index (χ1n) is 5.79. The minimum atomic E-state index is -0.385. The minimum absolute atomic E-state index is 0.107. The van der Waals surface area contributed by atoms with E-state index in [1.54, 1.807) is 6.07 Å². The second-order valence-corrected chi connectivity index (χ2v) is 6.64. The Kier molecular flexibility index (Phi) is 4.17. The number of nitro groups is 1. The van der Waals surface area contributed by atoms with E-state index in [0.717, 1.165) is 16.7 Å². The molecule has 0 heterocycles. The molecule has 1 fully saturated rings. The summed E-state index contributed by atoms with van der Waals surface area (Å²) < 4.78 is 1.09. The highest BCUT2D eigenvalue weighted by Crippen LogP contribution is 2.43. The number of nitrogens with zero attached hydrogens (tertiary/aromatic N) is 1. The molecule has 6 heteroatoms. The van der Waals surface area contributed by atoms with Crippen LogP contribution in [0, 0.1) is 10.1 Å². The van der Waals surface area contributed by atoms with Crippen LogP contribution in [0.1, 0.15) is 19.3 Å². The Morgan fingerprint density at radius 1 is 1.56 bits per heavy atom. The van der Waals surface area contributed by atoms with Gasteiger partial charge in [0.1, 0.15) is 0 Å². The first-order valence-corrected chi connectivity index (χ1v) is 7.81. The molecule has 1 N–H and O–H groups in total. The van der Waals surface area contributed by atoms with Gasteiger partial charge in [0.2, 0.25) is 0 Å². The van der Waals surface area contributed by atoms with Gasteiger partial charge >= 0.3 is 0 Å². The normalized spacial score (nSPS) is 17.0. The van der Waals surface area contributed by atoms with Crippen molar-refractivity contribution < 1.29 is 4.92 Å². The molecule has 18 heavy (non-hydrogen) atoms. The maximum absolute atomic E-state index is 10.6. The number of halogens is 1. The maximum Gasteiger partial charge on any atom is 0.270 e. The van der Waals surface area contributed by atoms with Crippen LogP contribution in [0.4, 0.5) is 11.4 Å². The lowest BCUT2D eigenvalue weighted by Gasteiger charge is -2.40. The molecule has 0 amide bonds. The molecule has 0 unspecified atom stereocenters. The van der Waals surface area contributed by atoms with Crippen molar-refractivity contribution in [2.45, 2.75) is 24.0 Å². The average Bonchev–Trinajstić information content (AvgIpc) is 2.29. The number of thioether (sulfide) groups is 1. The Hall–Kier alpha value is -0.750. The molecule has 0 aliphatic heterocycles. The topological polar surface area (TPSA) is 55.2 Å². The number of anilines is 1. The lowest BCUT2D eigenvalue weighted by atomic mass is 9.84.